The van der Waals surface area contributed by atoms with Gasteiger partial charge in [-0.05, 0) is 31.4 Å². The molecule has 2 rings (SSSR count). The Balaban J connectivity index is 2.30. The van der Waals surface area contributed by atoms with Crippen LogP contribution in [0.5, 0.6) is 0 Å². The van der Waals surface area contributed by atoms with Crippen molar-refractivity contribution in [3.8, 4) is 0 Å². The average molecular weight is 193 g/mol. The third-order valence-electron chi connectivity index (χ3n) is 3.02. The largest absolute Gasteiger partial charge is 0.347 e. The van der Waals surface area contributed by atoms with Gasteiger partial charge in [0.2, 0.25) is 0 Å². The van der Waals surface area contributed by atoms with Crippen LogP contribution in [0.25, 0.3) is 0 Å². The van der Waals surface area contributed by atoms with Crippen molar-refractivity contribution >= 4 is 0 Å². The fourth-order valence-corrected chi connectivity index (χ4v) is 2.28. The first-order valence-electron chi connectivity index (χ1n) is 5.06. The Morgan fingerprint density at radius 1 is 1.57 bits per heavy atom. The molecule has 4 heteroatoms. The highest BCUT2D eigenvalue weighted by molar-refractivity contribution is 4.90. The number of nitrogens with zero attached hydrogens (tertiary/aromatic N) is 2. The lowest BCUT2D eigenvalue weighted by atomic mass is 10.0. The predicted octanol–water partition coefficient (Wildman–Crippen LogP) is 0.543. The summed E-state index contributed by atoms with van der Waals surface area (Å²) in [6, 6.07) is 2.06. The molecule has 2 unspecified atom stereocenters. The van der Waals surface area contributed by atoms with Crippen molar-refractivity contribution in [1.29, 1.82) is 0 Å². The quantitative estimate of drug-likeness (QED) is 0.745. The second kappa shape index (κ2) is 3.92. The summed E-state index contributed by atoms with van der Waals surface area (Å²) in [6.45, 7) is 0.659. The van der Waals surface area contributed by atoms with Gasteiger partial charge in [-0.15, -0.1) is 0 Å². The van der Waals surface area contributed by atoms with E-state index < -0.39 is 0 Å². The van der Waals surface area contributed by atoms with Crippen molar-refractivity contribution in [2.75, 3.05) is 6.54 Å². The van der Waals surface area contributed by atoms with Crippen LogP contribution >= 0.6 is 0 Å². The second-order valence-corrected chi connectivity index (χ2v) is 3.80. The van der Waals surface area contributed by atoms with Crippen molar-refractivity contribution < 1.29 is 0 Å². The van der Waals surface area contributed by atoms with E-state index in [2.05, 4.69) is 4.98 Å². The van der Waals surface area contributed by atoms with Gasteiger partial charge in [0.1, 0.15) is 0 Å². The third-order valence-corrected chi connectivity index (χ3v) is 3.02. The molecule has 1 aliphatic carbocycles. The van der Waals surface area contributed by atoms with E-state index in [1.807, 2.05) is 6.20 Å². The minimum Gasteiger partial charge on any atom is -0.330 e. The van der Waals surface area contributed by atoms with Gasteiger partial charge >= 0.3 is 5.69 Å². The standard InChI is InChI=1S/C10H15N3O/c11-7-8-3-1-4-9(8)13-6-2-5-12-10(13)14/h2,5-6,8-9H,1,3-4,7,11H2. The third kappa shape index (κ3) is 1.57. The van der Waals surface area contributed by atoms with Gasteiger partial charge in [-0.1, -0.05) is 6.42 Å². The number of rotatable bonds is 2. The normalized spacial score (nSPS) is 26.6. The van der Waals surface area contributed by atoms with Crippen LogP contribution in [-0.2, 0) is 0 Å². The van der Waals surface area contributed by atoms with Gasteiger partial charge in [0.15, 0.2) is 0 Å². The fourth-order valence-electron chi connectivity index (χ4n) is 2.28. The lowest BCUT2D eigenvalue weighted by Crippen LogP contribution is -2.30. The van der Waals surface area contributed by atoms with Crippen molar-refractivity contribution in [3.63, 3.8) is 0 Å². The maximum Gasteiger partial charge on any atom is 0.347 e. The van der Waals surface area contributed by atoms with Crippen molar-refractivity contribution in [2.24, 2.45) is 11.7 Å². The number of aromatic nitrogens is 2. The van der Waals surface area contributed by atoms with Gasteiger partial charge in [-0.25, -0.2) is 9.78 Å². The molecule has 14 heavy (non-hydrogen) atoms. The fraction of sp³-hybridized carbons (Fsp3) is 0.600. The molecular formula is C10H15N3O. The highest BCUT2D eigenvalue weighted by Gasteiger charge is 2.27. The summed E-state index contributed by atoms with van der Waals surface area (Å²) in [5.74, 6) is 0.442. The Labute approximate surface area is 82.8 Å². The molecule has 4 nitrogen and oxygen atoms in total. The lowest BCUT2D eigenvalue weighted by molar-refractivity contribution is 0.374. The summed E-state index contributed by atoms with van der Waals surface area (Å²) >= 11 is 0. The van der Waals surface area contributed by atoms with Gasteiger partial charge in [-0.3, -0.25) is 4.57 Å². The van der Waals surface area contributed by atoms with E-state index in [1.54, 1.807) is 10.6 Å². The van der Waals surface area contributed by atoms with Gasteiger partial charge in [-0.2, -0.15) is 0 Å². The van der Waals surface area contributed by atoms with E-state index in [4.69, 9.17) is 5.73 Å². The number of hydrogen-bond donors (Lipinski definition) is 1. The SMILES string of the molecule is NCC1CCCC1n1cccnc1=O. The van der Waals surface area contributed by atoms with Gasteiger partial charge < -0.3 is 5.73 Å². The lowest BCUT2D eigenvalue weighted by Gasteiger charge is -2.19. The topological polar surface area (TPSA) is 60.9 Å². The minimum absolute atomic E-state index is 0.155. The summed E-state index contributed by atoms with van der Waals surface area (Å²) in [7, 11) is 0. The Bertz CT molecular complexity index is 360. The minimum atomic E-state index is -0.155. The smallest absolute Gasteiger partial charge is 0.330 e. The predicted molar refractivity (Wildman–Crippen MR) is 53.9 cm³/mol. The summed E-state index contributed by atoms with van der Waals surface area (Å²) in [6.07, 6.45) is 6.68. The molecule has 1 aromatic rings. The first-order valence-corrected chi connectivity index (χ1v) is 5.06. The Morgan fingerprint density at radius 2 is 2.43 bits per heavy atom. The van der Waals surface area contributed by atoms with Gasteiger partial charge in [0, 0.05) is 18.4 Å². The van der Waals surface area contributed by atoms with E-state index in [0.717, 1.165) is 19.3 Å². The van der Waals surface area contributed by atoms with Crippen LogP contribution in [0.1, 0.15) is 25.3 Å². The highest BCUT2D eigenvalue weighted by atomic mass is 16.1. The summed E-state index contributed by atoms with van der Waals surface area (Å²) in [5.41, 5.74) is 5.52. The van der Waals surface area contributed by atoms with Crippen molar-refractivity contribution in [3.05, 3.63) is 28.9 Å². The van der Waals surface area contributed by atoms with Crippen LogP contribution in [0.2, 0.25) is 0 Å². The molecule has 0 radical (unpaired) electrons. The zero-order valence-electron chi connectivity index (χ0n) is 8.10. The first kappa shape index (κ1) is 9.40. The van der Waals surface area contributed by atoms with E-state index >= 15 is 0 Å². The maximum atomic E-state index is 11.5. The molecule has 1 heterocycles. The number of nitrogens with two attached hydrogens (primary N) is 1. The van der Waals surface area contributed by atoms with Crippen LogP contribution in [0.3, 0.4) is 0 Å². The molecule has 2 atom stereocenters. The zero-order valence-corrected chi connectivity index (χ0v) is 8.10. The van der Waals surface area contributed by atoms with Crippen LogP contribution in [0, 0.1) is 5.92 Å². The Hall–Kier alpha value is -1.16. The zero-order chi connectivity index (χ0) is 9.97. The molecule has 0 bridgehead atoms. The van der Waals surface area contributed by atoms with Crippen LogP contribution in [0.4, 0.5) is 0 Å². The Morgan fingerprint density at radius 3 is 3.14 bits per heavy atom. The molecule has 0 saturated heterocycles. The Kier molecular flexibility index (Phi) is 2.63. The molecule has 1 aliphatic rings. The molecule has 0 aromatic carbocycles. The van der Waals surface area contributed by atoms with Crippen LogP contribution in [-0.4, -0.2) is 16.1 Å². The van der Waals surface area contributed by atoms with Crippen LogP contribution < -0.4 is 11.4 Å². The molecule has 0 aliphatic heterocycles. The molecular weight excluding hydrogens is 178 g/mol. The summed E-state index contributed by atoms with van der Waals surface area (Å²) in [5, 5.41) is 0. The second-order valence-electron chi connectivity index (χ2n) is 3.80. The van der Waals surface area contributed by atoms with E-state index in [9.17, 15) is 4.79 Å². The van der Waals surface area contributed by atoms with E-state index in [-0.39, 0.29) is 11.7 Å². The van der Waals surface area contributed by atoms with E-state index in [1.165, 1.54) is 6.20 Å². The average Bonchev–Trinajstić information content (AvgIpc) is 2.66. The first-order chi connectivity index (χ1) is 6.83. The van der Waals surface area contributed by atoms with Gasteiger partial charge in [0.05, 0.1) is 0 Å². The van der Waals surface area contributed by atoms with E-state index in [0.29, 0.717) is 12.5 Å². The van der Waals surface area contributed by atoms with Crippen LogP contribution in [0.15, 0.2) is 23.3 Å². The molecule has 0 spiro atoms. The highest BCUT2D eigenvalue weighted by Crippen LogP contribution is 2.33. The number of hydrogen-bond acceptors (Lipinski definition) is 3. The van der Waals surface area contributed by atoms with Crippen molar-refractivity contribution in [1.82, 2.24) is 9.55 Å². The molecule has 0 amide bonds. The maximum absolute atomic E-state index is 11.5. The van der Waals surface area contributed by atoms with Crippen molar-refractivity contribution in [2.45, 2.75) is 25.3 Å². The summed E-state index contributed by atoms with van der Waals surface area (Å²) in [4.78, 5) is 15.2. The van der Waals surface area contributed by atoms with Gasteiger partial charge in [0.25, 0.3) is 0 Å². The molecule has 1 fully saturated rings. The monoisotopic (exact) mass is 193 g/mol. The molecule has 1 aromatic heterocycles. The molecule has 1 saturated carbocycles. The summed E-state index contributed by atoms with van der Waals surface area (Å²) < 4.78 is 1.73. The molecule has 76 valence electrons. The molecule has 2 N–H and O–H groups in total.